The Balaban J connectivity index is 1.51. The molecule has 0 spiro atoms. The van der Waals surface area contributed by atoms with Crippen LogP contribution in [0, 0.1) is 5.92 Å². The lowest BCUT2D eigenvalue weighted by atomic mass is 9.79. The van der Waals surface area contributed by atoms with Gasteiger partial charge in [-0.1, -0.05) is 24.3 Å². The van der Waals surface area contributed by atoms with Gasteiger partial charge in [0.25, 0.3) is 0 Å². The number of carbonyl (C=O) groups is 1. The largest absolute Gasteiger partial charge is 0.494 e. The molecule has 0 radical (unpaired) electrons. The number of imidazole rings is 1. The predicted octanol–water partition coefficient (Wildman–Crippen LogP) is 4.32. The van der Waals surface area contributed by atoms with Gasteiger partial charge in [-0.25, -0.2) is 9.78 Å². The number of carbonyl (C=O) groups excluding carboxylic acids is 1. The Morgan fingerprint density at radius 1 is 1.17 bits per heavy atom. The summed E-state index contributed by atoms with van der Waals surface area (Å²) >= 11 is 0. The van der Waals surface area contributed by atoms with Crippen molar-refractivity contribution in [3.8, 4) is 11.3 Å². The number of benzene rings is 1. The highest BCUT2D eigenvalue weighted by Crippen LogP contribution is 2.37. The monoisotopic (exact) mass is 483 g/mol. The van der Waals surface area contributed by atoms with Gasteiger partial charge in [0.15, 0.2) is 0 Å². The number of nitrogens with one attached hydrogen (secondary N) is 1. The minimum Gasteiger partial charge on any atom is -0.444 e. The molecule has 2 saturated heterocycles. The SMILES string of the molecule is COCC1CC(c2ncc(-c3ccc(B4OC(C)(C)C(C)(C)O4)cc3)[nH]2)N(C(=O)OC(C)(C)C)C1. The van der Waals surface area contributed by atoms with E-state index in [1.54, 1.807) is 12.0 Å². The molecule has 35 heavy (non-hydrogen) atoms. The minimum absolute atomic E-state index is 0.192. The van der Waals surface area contributed by atoms with Gasteiger partial charge in [-0.15, -0.1) is 0 Å². The van der Waals surface area contributed by atoms with Gasteiger partial charge in [-0.3, -0.25) is 4.90 Å². The summed E-state index contributed by atoms with van der Waals surface area (Å²) in [6, 6.07) is 7.92. The summed E-state index contributed by atoms with van der Waals surface area (Å²) in [6.45, 7) is 15.0. The molecule has 2 aliphatic rings. The third-order valence-electron chi connectivity index (χ3n) is 7.08. The van der Waals surface area contributed by atoms with Crippen LogP contribution < -0.4 is 5.46 Å². The summed E-state index contributed by atoms with van der Waals surface area (Å²) in [4.78, 5) is 22.8. The Morgan fingerprint density at radius 3 is 2.37 bits per heavy atom. The third-order valence-corrected chi connectivity index (χ3v) is 7.08. The van der Waals surface area contributed by atoms with Crippen molar-refractivity contribution < 1.29 is 23.6 Å². The normalized spacial score (nSPS) is 23.7. The molecule has 0 bridgehead atoms. The van der Waals surface area contributed by atoms with Gasteiger partial charge < -0.3 is 23.8 Å². The maximum atomic E-state index is 12.9. The number of hydrogen-bond donors (Lipinski definition) is 1. The van der Waals surface area contributed by atoms with E-state index < -0.39 is 12.7 Å². The van der Waals surface area contributed by atoms with Crippen LogP contribution in [0.2, 0.25) is 0 Å². The van der Waals surface area contributed by atoms with E-state index >= 15 is 0 Å². The quantitative estimate of drug-likeness (QED) is 0.638. The second-order valence-corrected chi connectivity index (χ2v) is 11.6. The molecule has 4 rings (SSSR count). The van der Waals surface area contributed by atoms with E-state index in [1.807, 2.05) is 78.9 Å². The van der Waals surface area contributed by atoms with Gasteiger partial charge in [0.1, 0.15) is 11.4 Å². The number of methoxy groups -OCH3 is 1. The predicted molar refractivity (Wildman–Crippen MR) is 135 cm³/mol. The fourth-order valence-corrected chi connectivity index (χ4v) is 4.51. The zero-order valence-corrected chi connectivity index (χ0v) is 22.2. The molecule has 3 heterocycles. The first-order valence-corrected chi connectivity index (χ1v) is 12.3. The molecule has 2 atom stereocenters. The van der Waals surface area contributed by atoms with Crippen LogP contribution >= 0.6 is 0 Å². The number of aromatic nitrogens is 2. The fourth-order valence-electron chi connectivity index (χ4n) is 4.51. The Hall–Kier alpha value is -2.36. The molecule has 2 aromatic rings. The lowest BCUT2D eigenvalue weighted by Gasteiger charge is -2.32. The second-order valence-electron chi connectivity index (χ2n) is 11.6. The number of likely N-dealkylation sites (tertiary alicyclic amines) is 1. The van der Waals surface area contributed by atoms with Crippen molar-refractivity contribution >= 4 is 18.7 Å². The van der Waals surface area contributed by atoms with Crippen LogP contribution in [0.5, 0.6) is 0 Å². The summed E-state index contributed by atoms with van der Waals surface area (Å²) in [6.07, 6.45) is 2.25. The maximum absolute atomic E-state index is 12.9. The molecule has 1 aromatic heterocycles. The smallest absolute Gasteiger partial charge is 0.444 e. The third kappa shape index (κ3) is 5.42. The van der Waals surface area contributed by atoms with Gasteiger partial charge in [0.05, 0.1) is 35.7 Å². The zero-order chi connectivity index (χ0) is 25.6. The van der Waals surface area contributed by atoms with Crippen molar-refractivity contribution in [3.05, 3.63) is 36.3 Å². The highest BCUT2D eigenvalue weighted by atomic mass is 16.7. The molecular formula is C26H38BN3O5. The molecule has 1 amide bonds. The van der Waals surface area contributed by atoms with E-state index in [4.69, 9.17) is 18.8 Å². The number of aromatic amines is 1. The van der Waals surface area contributed by atoms with Crippen molar-refractivity contribution in [2.45, 2.75) is 77.7 Å². The Bertz CT molecular complexity index is 1030. The molecule has 2 fully saturated rings. The van der Waals surface area contributed by atoms with Crippen LogP contribution in [-0.4, -0.2) is 65.1 Å². The van der Waals surface area contributed by atoms with Crippen molar-refractivity contribution in [2.24, 2.45) is 5.92 Å². The molecular weight excluding hydrogens is 445 g/mol. The van der Waals surface area contributed by atoms with Gasteiger partial charge in [0, 0.05) is 19.6 Å². The van der Waals surface area contributed by atoms with Crippen molar-refractivity contribution in [2.75, 3.05) is 20.3 Å². The minimum atomic E-state index is -0.561. The van der Waals surface area contributed by atoms with E-state index in [1.165, 1.54) is 0 Å². The molecule has 1 aromatic carbocycles. The van der Waals surface area contributed by atoms with Gasteiger partial charge in [-0.2, -0.15) is 0 Å². The van der Waals surface area contributed by atoms with Crippen LogP contribution in [0.25, 0.3) is 11.3 Å². The molecule has 190 valence electrons. The highest BCUT2D eigenvalue weighted by Gasteiger charge is 2.51. The lowest BCUT2D eigenvalue weighted by molar-refractivity contribution is 0.00578. The van der Waals surface area contributed by atoms with E-state index in [0.29, 0.717) is 13.2 Å². The van der Waals surface area contributed by atoms with Crippen LogP contribution in [0.3, 0.4) is 0 Å². The van der Waals surface area contributed by atoms with E-state index in [9.17, 15) is 4.79 Å². The summed E-state index contributed by atoms with van der Waals surface area (Å²) in [7, 11) is 1.29. The molecule has 2 aliphatic heterocycles. The van der Waals surface area contributed by atoms with E-state index in [0.717, 1.165) is 29.0 Å². The Morgan fingerprint density at radius 2 is 1.80 bits per heavy atom. The number of ether oxygens (including phenoxy) is 2. The molecule has 2 unspecified atom stereocenters. The zero-order valence-electron chi connectivity index (χ0n) is 22.2. The number of nitrogens with zero attached hydrogens (tertiary/aromatic N) is 2. The first-order valence-electron chi connectivity index (χ1n) is 12.3. The molecule has 8 nitrogen and oxygen atoms in total. The average Bonchev–Trinajstić information content (AvgIpc) is 3.44. The first kappa shape index (κ1) is 25.7. The topological polar surface area (TPSA) is 85.9 Å². The van der Waals surface area contributed by atoms with Crippen LogP contribution in [0.1, 0.15) is 66.8 Å². The van der Waals surface area contributed by atoms with Crippen molar-refractivity contribution in [1.82, 2.24) is 14.9 Å². The highest BCUT2D eigenvalue weighted by molar-refractivity contribution is 6.62. The van der Waals surface area contributed by atoms with Crippen LogP contribution in [0.15, 0.2) is 30.5 Å². The van der Waals surface area contributed by atoms with Crippen molar-refractivity contribution in [1.29, 1.82) is 0 Å². The molecule has 0 saturated carbocycles. The molecule has 9 heteroatoms. The fraction of sp³-hybridized carbons (Fsp3) is 0.615. The maximum Gasteiger partial charge on any atom is 0.494 e. The van der Waals surface area contributed by atoms with Gasteiger partial charge in [-0.05, 0) is 65.9 Å². The Labute approximate surface area is 208 Å². The standard InChI is InChI=1S/C26H38BN3O5/c1-24(2,3)33-23(31)30-15-17(16-32-8)13-21(30)22-28-14-20(29-22)18-9-11-19(12-10-18)27-34-25(4,5)26(6,7)35-27/h9-12,14,17,21H,13,15-16H2,1-8H3,(H,28,29). The van der Waals surface area contributed by atoms with E-state index in [2.05, 4.69) is 9.97 Å². The first-order chi connectivity index (χ1) is 16.3. The van der Waals surface area contributed by atoms with Crippen LogP contribution in [0.4, 0.5) is 4.79 Å². The van der Waals surface area contributed by atoms with Gasteiger partial charge in [0.2, 0.25) is 0 Å². The number of H-pyrrole nitrogens is 1. The average molecular weight is 483 g/mol. The summed E-state index contributed by atoms with van der Waals surface area (Å²) in [5.74, 6) is 0.977. The molecule has 0 aliphatic carbocycles. The molecule has 1 N–H and O–H groups in total. The second kappa shape index (κ2) is 9.26. The van der Waals surface area contributed by atoms with E-state index in [-0.39, 0.29) is 29.3 Å². The van der Waals surface area contributed by atoms with Crippen molar-refractivity contribution in [3.63, 3.8) is 0 Å². The number of amides is 1. The summed E-state index contributed by atoms with van der Waals surface area (Å²) in [5, 5.41) is 0. The van der Waals surface area contributed by atoms with Gasteiger partial charge >= 0.3 is 13.2 Å². The Kier molecular flexibility index (Phi) is 6.81. The van der Waals surface area contributed by atoms with Crippen LogP contribution in [-0.2, 0) is 18.8 Å². The summed E-state index contributed by atoms with van der Waals surface area (Å²) in [5.41, 5.74) is 1.54. The number of hydrogen-bond acceptors (Lipinski definition) is 6. The number of rotatable bonds is 5. The summed E-state index contributed by atoms with van der Waals surface area (Å²) < 4.78 is 23.4. The lowest BCUT2D eigenvalue weighted by Crippen LogP contribution is -2.41.